The van der Waals surface area contributed by atoms with Crippen molar-refractivity contribution in [3.8, 4) is 0 Å². The highest BCUT2D eigenvalue weighted by Gasteiger charge is 2.58. The lowest BCUT2D eigenvalue weighted by Crippen LogP contribution is -2.56. The Kier molecular flexibility index (Phi) is 4.82. The van der Waals surface area contributed by atoms with Crippen LogP contribution in [0.5, 0.6) is 0 Å². The van der Waals surface area contributed by atoms with E-state index in [9.17, 15) is 14.0 Å². The third kappa shape index (κ3) is 3.13. The van der Waals surface area contributed by atoms with Gasteiger partial charge in [0, 0.05) is 23.4 Å². The largest absolute Gasteiger partial charge is 0.304 e. The normalized spacial score (nSPS) is 20.5. The van der Waals surface area contributed by atoms with Crippen LogP contribution >= 0.6 is 11.8 Å². The zero-order chi connectivity index (χ0) is 21.6. The van der Waals surface area contributed by atoms with Gasteiger partial charge in [0.25, 0.3) is 5.91 Å². The Morgan fingerprint density at radius 2 is 1.77 bits per heavy atom. The second-order valence-electron chi connectivity index (χ2n) is 7.85. The molecule has 2 amide bonds. The smallest absolute Gasteiger partial charge is 0.269 e. The van der Waals surface area contributed by atoms with Gasteiger partial charge >= 0.3 is 0 Å². The van der Waals surface area contributed by atoms with Crippen LogP contribution in [0.2, 0.25) is 0 Å². The van der Waals surface area contributed by atoms with Gasteiger partial charge in [-0.15, -0.1) is 11.8 Å². The van der Waals surface area contributed by atoms with Crippen molar-refractivity contribution in [1.29, 1.82) is 0 Å². The van der Waals surface area contributed by atoms with Crippen molar-refractivity contribution in [2.24, 2.45) is 0 Å². The second kappa shape index (κ2) is 7.54. The quantitative estimate of drug-likeness (QED) is 0.585. The molecular formula is C25H21FN2O2S. The molecule has 0 bridgehead atoms. The van der Waals surface area contributed by atoms with Gasteiger partial charge in [-0.1, -0.05) is 42.5 Å². The summed E-state index contributed by atoms with van der Waals surface area (Å²) in [7, 11) is 0. The summed E-state index contributed by atoms with van der Waals surface area (Å²) in [5, 5.41) is 0. The highest BCUT2D eigenvalue weighted by Crippen LogP contribution is 2.54. The van der Waals surface area contributed by atoms with E-state index >= 15 is 0 Å². The maximum absolute atomic E-state index is 14.1. The fourth-order valence-electron chi connectivity index (χ4n) is 4.42. The Balaban J connectivity index is 1.65. The van der Waals surface area contributed by atoms with Crippen LogP contribution in [-0.4, -0.2) is 17.6 Å². The number of halogens is 1. The molecule has 1 atom stereocenters. The van der Waals surface area contributed by atoms with E-state index in [-0.39, 0.29) is 17.6 Å². The summed E-state index contributed by atoms with van der Waals surface area (Å²) >= 11 is 1.51. The Bertz CT molecular complexity index is 1180. The van der Waals surface area contributed by atoms with Crippen molar-refractivity contribution in [3.05, 3.63) is 95.3 Å². The lowest BCUT2D eigenvalue weighted by molar-refractivity contribution is -0.125. The molecule has 0 saturated carbocycles. The summed E-state index contributed by atoms with van der Waals surface area (Å²) in [5.74, 6) is 0.0622. The van der Waals surface area contributed by atoms with Crippen molar-refractivity contribution >= 4 is 35.0 Å². The van der Waals surface area contributed by atoms with Crippen LogP contribution < -0.4 is 9.80 Å². The second-order valence-corrected chi connectivity index (χ2v) is 9.13. The van der Waals surface area contributed by atoms with Crippen LogP contribution in [0, 0.1) is 12.7 Å². The van der Waals surface area contributed by atoms with Crippen molar-refractivity contribution in [3.63, 3.8) is 0 Å². The minimum absolute atomic E-state index is 0.0591. The van der Waals surface area contributed by atoms with E-state index < -0.39 is 4.87 Å². The van der Waals surface area contributed by atoms with Crippen LogP contribution in [0.1, 0.15) is 23.1 Å². The maximum Gasteiger partial charge on any atom is 0.269 e. The van der Waals surface area contributed by atoms with Crippen molar-refractivity contribution < 1.29 is 14.0 Å². The van der Waals surface area contributed by atoms with Crippen molar-refractivity contribution in [2.75, 3.05) is 15.6 Å². The van der Waals surface area contributed by atoms with Gasteiger partial charge in [0.05, 0.1) is 12.2 Å². The van der Waals surface area contributed by atoms with Gasteiger partial charge in [-0.25, -0.2) is 4.39 Å². The predicted octanol–water partition coefficient (Wildman–Crippen LogP) is 5.00. The number of carbonyl (C=O) groups excluding carboxylic acids is 2. The number of hydrogen-bond donors (Lipinski definition) is 0. The number of nitrogens with zero attached hydrogens (tertiary/aromatic N) is 2. The number of thioether (sulfide) groups is 1. The van der Waals surface area contributed by atoms with Gasteiger partial charge in [-0.05, 0) is 48.4 Å². The summed E-state index contributed by atoms with van der Waals surface area (Å²) < 4.78 is 13.4. The Morgan fingerprint density at radius 3 is 2.55 bits per heavy atom. The third-order valence-electron chi connectivity index (χ3n) is 5.80. The molecule has 156 valence electrons. The molecule has 31 heavy (non-hydrogen) atoms. The van der Waals surface area contributed by atoms with Gasteiger partial charge in [-0.2, -0.15) is 0 Å². The molecule has 6 heteroatoms. The van der Waals surface area contributed by atoms with E-state index in [1.807, 2.05) is 55.5 Å². The van der Waals surface area contributed by atoms with Gasteiger partial charge < -0.3 is 4.90 Å². The summed E-state index contributed by atoms with van der Waals surface area (Å²) in [5.41, 5.74) is 4.19. The first-order valence-electron chi connectivity index (χ1n) is 10.2. The first kappa shape index (κ1) is 19.8. The Hall–Kier alpha value is -3.12. The van der Waals surface area contributed by atoms with E-state index in [0.29, 0.717) is 18.7 Å². The summed E-state index contributed by atoms with van der Waals surface area (Å²) in [6.45, 7) is 2.29. The predicted molar refractivity (Wildman–Crippen MR) is 121 cm³/mol. The number of rotatable bonds is 3. The highest BCUT2D eigenvalue weighted by molar-refractivity contribution is 8.01. The van der Waals surface area contributed by atoms with Gasteiger partial charge in [-0.3, -0.25) is 14.5 Å². The molecular weight excluding hydrogens is 411 g/mol. The number of hydrogen-bond acceptors (Lipinski definition) is 3. The molecule has 0 radical (unpaired) electrons. The van der Waals surface area contributed by atoms with Crippen LogP contribution in [0.15, 0.2) is 72.8 Å². The minimum Gasteiger partial charge on any atom is -0.304 e. The molecule has 0 unspecified atom stereocenters. The van der Waals surface area contributed by atoms with Crippen LogP contribution in [0.4, 0.5) is 15.8 Å². The lowest BCUT2D eigenvalue weighted by atomic mass is 10.0. The summed E-state index contributed by atoms with van der Waals surface area (Å²) in [6.07, 6.45) is 0.383. The first-order chi connectivity index (χ1) is 15.0. The van der Waals surface area contributed by atoms with Gasteiger partial charge in [0.1, 0.15) is 5.82 Å². The van der Waals surface area contributed by atoms with Crippen molar-refractivity contribution in [1.82, 2.24) is 0 Å². The molecule has 1 spiro atoms. The molecule has 0 N–H and O–H groups in total. The topological polar surface area (TPSA) is 40.6 Å². The van der Waals surface area contributed by atoms with E-state index in [1.54, 1.807) is 21.9 Å². The average molecular weight is 433 g/mol. The minimum atomic E-state index is -1.14. The molecule has 0 aromatic heterocycles. The molecule has 0 aliphatic carbocycles. The summed E-state index contributed by atoms with van der Waals surface area (Å²) in [6, 6.07) is 21.5. The third-order valence-corrected chi connectivity index (χ3v) is 7.20. The molecule has 3 aromatic rings. The Labute approximate surface area is 184 Å². The number of aryl methyl sites for hydroxylation is 1. The molecule has 3 aromatic carbocycles. The molecule has 1 fully saturated rings. The van der Waals surface area contributed by atoms with Crippen LogP contribution in [-0.2, 0) is 21.0 Å². The van der Waals surface area contributed by atoms with Crippen molar-refractivity contribution in [2.45, 2.75) is 24.8 Å². The maximum atomic E-state index is 14.1. The fourth-order valence-corrected chi connectivity index (χ4v) is 5.89. The molecule has 2 aliphatic rings. The zero-order valence-electron chi connectivity index (χ0n) is 17.0. The van der Waals surface area contributed by atoms with E-state index in [2.05, 4.69) is 0 Å². The van der Waals surface area contributed by atoms with Gasteiger partial charge in [0.2, 0.25) is 10.8 Å². The zero-order valence-corrected chi connectivity index (χ0v) is 17.9. The number of fused-ring (bicyclic) bond motifs is 2. The van der Waals surface area contributed by atoms with Crippen LogP contribution in [0.25, 0.3) is 0 Å². The fraction of sp³-hybridized carbons (Fsp3) is 0.200. The number of anilines is 2. The lowest BCUT2D eigenvalue weighted by Gasteiger charge is -2.43. The SMILES string of the molecule is Cc1cccc(N2C(=O)CCS[C@@]23C(=O)N(Cc2ccc(F)cc2)c2ccccc23)c1. The Morgan fingerprint density at radius 1 is 1.00 bits per heavy atom. The van der Waals surface area contributed by atoms with E-state index in [4.69, 9.17) is 0 Å². The number of para-hydroxylation sites is 1. The molecule has 2 heterocycles. The first-order valence-corrected chi connectivity index (χ1v) is 11.2. The molecule has 2 aliphatic heterocycles. The average Bonchev–Trinajstić information content (AvgIpc) is 2.99. The monoisotopic (exact) mass is 432 g/mol. The van der Waals surface area contributed by atoms with Gasteiger partial charge in [0.15, 0.2) is 0 Å². The molecule has 4 nitrogen and oxygen atoms in total. The van der Waals surface area contributed by atoms with E-state index in [1.165, 1.54) is 23.9 Å². The number of amides is 2. The standard InChI is InChI=1S/C25H21FN2O2S/c1-17-5-4-6-20(15-17)28-23(29)13-14-31-25(28)21-7-2-3-8-22(21)27(24(25)30)16-18-9-11-19(26)12-10-18/h2-12,15H,13-14,16H2,1H3/t25-/m0/s1. The molecule has 5 rings (SSSR count). The number of carbonyl (C=O) groups is 2. The van der Waals surface area contributed by atoms with Crippen LogP contribution in [0.3, 0.4) is 0 Å². The number of benzene rings is 3. The molecule has 1 saturated heterocycles. The summed E-state index contributed by atoms with van der Waals surface area (Å²) in [4.78, 5) is 29.5. The highest BCUT2D eigenvalue weighted by atomic mass is 32.2. The van der Waals surface area contributed by atoms with E-state index in [0.717, 1.165) is 28.1 Å².